The molecule has 6 nitrogen and oxygen atoms in total. The Hall–Kier alpha value is -3.28. The van der Waals surface area contributed by atoms with Crippen LogP contribution in [0, 0.1) is 19.3 Å². The zero-order chi connectivity index (χ0) is 21.0. The third-order valence-electron chi connectivity index (χ3n) is 6.12. The normalized spacial score (nSPS) is 19.9. The molecule has 0 amide bonds. The number of Topliss-reactive ketones (excluding diaryl/α,β-unsaturated/α-hetero) is 1. The van der Waals surface area contributed by atoms with Gasteiger partial charge in [0, 0.05) is 35.6 Å². The van der Waals surface area contributed by atoms with E-state index in [1.807, 2.05) is 22.9 Å². The molecule has 2 aliphatic rings. The van der Waals surface area contributed by atoms with Crippen molar-refractivity contribution in [2.45, 2.75) is 46.6 Å². The lowest BCUT2D eigenvalue weighted by Gasteiger charge is -2.38. The largest absolute Gasteiger partial charge is 0.328 e. The van der Waals surface area contributed by atoms with Crippen LogP contribution in [-0.2, 0) is 4.79 Å². The van der Waals surface area contributed by atoms with Crippen LogP contribution in [0.4, 0.5) is 5.95 Å². The first-order chi connectivity index (χ1) is 14.3. The number of carbonyl (C=O) groups excluding carboxylic acids is 1. The average molecular weight is 399 g/mol. The Morgan fingerprint density at radius 3 is 2.57 bits per heavy atom. The number of hydrogen-bond acceptors (Lipinski definition) is 5. The van der Waals surface area contributed by atoms with Gasteiger partial charge >= 0.3 is 0 Å². The maximum Gasteiger partial charge on any atom is 0.226 e. The molecule has 0 fully saturated rings. The van der Waals surface area contributed by atoms with Crippen LogP contribution in [0.3, 0.4) is 0 Å². The Kier molecular flexibility index (Phi) is 4.13. The van der Waals surface area contributed by atoms with E-state index in [0.29, 0.717) is 18.2 Å². The number of ketones is 1. The minimum atomic E-state index is -0.296. The van der Waals surface area contributed by atoms with E-state index in [9.17, 15) is 4.79 Å². The number of hydrogen-bond donors (Lipinski definition) is 1. The maximum absolute atomic E-state index is 13.2. The molecule has 3 heterocycles. The molecule has 5 rings (SSSR count). The van der Waals surface area contributed by atoms with Crippen LogP contribution in [0.1, 0.15) is 49.4 Å². The Morgan fingerprint density at radius 1 is 1.07 bits per heavy atom. The molecule has 1 aromatic carbocycles. The summed E-state index contributed by atoms with van der Waals surface area (Å²) in [4.78, 5) is 22.2. The van der Waals surface area contributed by atoms with Crippen LogP contribution in [0.5, 0.6) is 0 Å². The summed E-state index contributed by atoms with van der Waals surface area (Å²) in [6.07, 6.45) is 4.86. The van der Waals surface area contributed by atoms with Crippen molar-refractivity contribution in [3.8, 4) is 11.4 Å². The summed E-state index contributed by atoms with van der Waals surface area (Å²) >= 11 is 0. The lowest BCUT2D eigenvalue weighted by atomic mass is 9.73. The Morgan fingerprint density at radius 2 is 1.83 bits per heavy atom. The number of nitrogens with one attached hydrogen (secondary N) is 1. The van der Waals surface area contributed by atoms with Crippen molar-refractivity contribution in [3.05, 3.63) is 70.7 Å². The zero-order valence-corrected chi connectivity index (χ0v) is 17.7. The van der Waals surface area contributed by atoms with Crippen molar-refractivity contribution in [1.29, 1.82) is 0 Å². The van der Waals surface area contributed by atoms with E-state index < -0.39 is 0 Å². The number of fused-ring (bicyclic) bond motifs is 1. The topological polar surface area (TPSA) is 72.7 Å². The van der Waals surface area contributed by atoms with Crippen molar-refractivity contribution < 1.29 is 4.79 Å². The highest BCUT2D eigenvalue weighted by atomic mass is 16.1. The lowest BCUT2D eigenvalue weighted by molar-refractivity contribution is -0.118. The van der Waals surface area contributed by atoms with Gasteiger partial charge in [-0.1, -0.05) is 26.0 Å². The fraction of sp³-hybridized carbons (Fsp3) is 0.333. The Bertz CT molecular complexity index is 1190. The number of carbonyl (C=O) groups is 1. The van der Waals surface area contributed by atoms with Gasteiger partial charge < -0.3 is 5.32 Å². The zero-order valence-electron chi connectivity index (χ0n) is 17.7. The summed E-state index contributed by atoms with van der Waals surface area (Å²) in [5.41, 5.74) is 6.08. The quantitative estimate of drug-likeness (QED) is 0.681. The van der Waals surface area contributed by atoms with Gasteiger partial charge in [0.15, 0.2) is 11.6 Å². The molecular weight excluding hydrogens is 374 g/mol. The van der Waals surface area contributed by atoms with Gasteiger partial charge in [-0.05, 0) is 60.6 Å². The van der Waals surface area contributed by atoms with Crippen molar-refractivity contribution >= 4 is 11.7 Å². The third kappa shape index (κ3) is 3.03. The average Bonchev–Trinajstić information content (AvgIpc) is 3.12. The minimum absolute atomic E-state index is 0.0786. The standard InChI is InChI=1S/C24H25N5O/c1-14-5-6-17(11-15(14)2)22-27-23-26-18-12-24(3,4)13-19(30)20(18)21(29(23)28-22)16-7-9-25-10-8-16/h5-11,21H,12-13H2,1-4H3,(H,26,27,28). The molecule has 1 atom stereocenters. The lowest BCUT2D eigenvalue weighted by Crippen LogP contribution is -2.36. The van der Waals surface area contributed by atoms with Crippen molar-refractivity contribution in [3.63, 3.8) is 0 Å². The predicted octanol–water partition coefficient (Wildman–Crippen LogP) is 4.62. The molecular formula is C24H25N5O. The molecule has 1 N–H and O–H groups in total. The number of rotatable bonds is 2. The molecule has 1 unspecified atom stereocenters. The number of anilines is 1. The van der Waals surface area contributed by atoms with Crippen molar-refractivity contribution in [2.24, 2.45) is 5.41 Å². The van der Waals surface area contributed by atoms with Crippen LogP contribution in [0.2, 0.25) is 0 Å². The predicted molar refractivity (Wildman–Crippen MR) is 116 cm³/mol. The first kappa shape index (κ1) is 18.7. The smallest absolute Gasteiger partial charge is 0.226 e. The van der Waals surface area contributed by atoms with Crippen molar-refractivity contribution in [1.82, 2.24) is 19.7 Å². The van der Waals surface area contributed by atoms with Gasteiger partial charge in [-0.15, -0.1) is 5.10 Å². The number of nitrogens with zero attached hydrogens (tertiary/aromatic N) is 4. The fourth-order valence-electron chi connectivity index (χ4n) is 4.47. The first-order valence-corrected chi connectivity index (χ1v) is 10.3. The molecule has 0 spiro atoms. The third-order valence-corrected chi connectivity index (χ3v) is 6.12. The molecule has 152 valence electrons. The molecule has 1 aliphatic carbocycles. The first-order valence-electron chi connectivity index (χ1n) is 10.3. The Balaban J connectivity index is 1.67. The van der Waals surface area contributed by atoms with Gasteiger partial charge in [0.25, 0.3) is 0 Å². The van der Waals surface area contributed by atoms with Crippen LogP contribution in [0.15, 0.2) is 54.0 Å². The van der Waals surface area contributed by atoms with Crippen LogP contribution in [-0.4, -0.2) is 25.5 Å². The van der Waals surface area contributed by atoms with E-state index in [-0.39, 0.29) is 17.2 Å². The second kappa shape index (κ2) is 6.62. The van der Waals surface area contributed by atoms with E-state index in [0.717, 1.165) is 28.8 Å². The van der Waals surface area contributed by atoms with E-state index in [1.165, 1.54) is 11.1 Å². The maximum atomic E-state index is 13.2. The van der Waals surface area contributed by atoms with Crippen molar-refractivity contribution in [2.75, 3.05) is 5.32 Å². The highest BCUT2D eigenvalue weighted by molar-refractivity contribution is 6.00. The Labute approximate surface area is 176 Å². The highest BCUT2D eigenvalue weighted by Gasteiger charge is 2.41. The molecule has 1 aliphatic heterocycles. The molecule has 30 heavy (non-hydrogen) atoms. The second-order valence-corrected chi connectivity index (χ2v) is 9.14. The number of aryl methyl sites for hydroxylation is 2. The summed E-state index contributed by atoms with van der Waals surface area (Å²) in [5, 5.41) is 8.28. The van der Waals surface area contributed by atoms with E-state index >= 15 is 0 Å². The monoisotopic (exact) mass is 399 g/mol. The molecule has 3 aromatic rings. The van der Waals surface area contributed by atoms with Gasteiger partial charge in [-0.3, -0.25) is 9.78 Å². The van der Waals surface area contributed by atoms with Gasteiger partial charge in [0.05, 0.1) is 0 Å². The summed E-state index contributed by atoms with van der Waals surface area (Å²) in [6.45, 7) is 8.46. The van der Waals surface area contributed by atoms with Crippen LogP contribution in [0.25, 0.3) is 11.4 Å². The molecule has 0 radical (unpaired) electrons. The number of pyridine rings is 1. The van der Waals surface area contributed by atoms with E-state index in [2.05, 4.69) is 50.1 Å². The SMILES string of the molecule is Cc1ccc(-c2nc3n(n2)C(c2ccncc2)C2=C(CC(C)(C)CC2=O)N3)cc1C. The van der Waals surface area contributed by atoms with Crippen LogP contribution < -0.4 is 5.32 Å². The number of aromatic nitrogens is 4. The van der Waals surface area contributed by atoms with Crippen LogP contribution >= 0.6 is 0 Å². The number of benzene rings is 1. The molecule has 6 heteroatoms. The summed E-state index contributed by atoms with van der Waals surface area (Å²) in [7, 11) is 0. The molecule has 0 saturated carbocycles. The molecule has 0 saturated heterocycles. The summed E-state index contributed by atoms with van der Waals surface area (Å²) in [6, 6.07) is 9.86. The fourth-order valence-corrected chi connectivity index (χ4v) is 4.47. The molecule has 2 aromatic heterocycles. The van der Waals surface area contributed by atoms with Gasteiger partial charge in [-0.2, -0.15) is 4.98 Å². The highest BCUT2D eigenvalue weighted by Crippen LogP contribution is 2.45. The van der Waals surface area contributed by atoms with Gasteiger partial charge in [-0.25, -0.2) is 4.68 Å². The van der Waals surface area contributed by atoms with Gasteiger partial charge in [0.1, 0.15) is 6.04 Å². The van der Waals surface area contributed by atoms with E-state index in [1.54, 1.807) is 12.4 Å². The molecule has 0 bridgehead atoms. The summed E-state index contributed by atoms with van der Waals surface area (Å²) in [5.74, 6) is 1.50. The van der Waals surface area contributed by atoms with Gasteiger partial charge in [0.2, 0.25) is 5.95 Å². The minimum Gasteiger partial charge on any atom is -0.328 e. The second-order valence-electron chi connectivity index (χ2n) is 9.14. The van der Waals surface area contributed by atoms with E-state index in [4.69, 9.17) is 10.1 Å². The number of allylic oxidation sites excluding steroid dienone is 2. The summed E-state index contributed by atoms with van der Waals surface area (Å²) < 4.78 is 1.86.